The minimum Gasteiger partial charge on any atom is -0.370 e. The van der Waals surface area contributed by atoms with E-state index in [1.54, 1.807) is 34.1 Å². The summed E-state index contributed by atoms with van der Waals surface area (Å²) in [6, 6.07) is 16.3. The van der Waals surface area contributed by atoms with E-state index < -0.39 is 6.04 Å². The first-order valence-electron chi connectivity index (χ1n) is 9.74. The summed E-state index contributed by atoms with van der Waals surface area (Å²) in [6.07, 6.45) is 0.890. The zero-order valence-electron chi connectivity index (χ0n) is 16.0. The van der Waals surface area contributed by atoms with Gasteiger partial charge in [0.1, 0.15) is 12.6 Å². The molecule has 0 aromatic heterocycles. The van der Waals surface area contributed by atoms with Crippen molar-refractivity contribution in [3.63, 3.8) is 0 Å². The Morgan fingerprint density at radius 2 is 1.79 bits per heavy atom. The molecule has 0 radical (unpaired) electrons. The van der Waals surface area contributed by atoms with Gasteiger partial charge in [0, 0.05) is 30.9 Å². The number of benzene rings is 2. The van der Waals surface area contributed by atoms with Crippen molar-refractivity contribution in [3.8, 4) is 0 Å². The molecule has 7 nitrogen and oxygen atoms in total. The van der Waals surface area contributed by atoms with Gasteiger partial charge in [-0.25, -0.2) is 0 Å². The number of carbonyl (C=O) groups is 3. The lowest BCUT2D eigenvalue weighted by Gasteiger charge is -2.27. The molecule has 2 aliphatic rings. The highest BCUT2D eigenvalue weighted by atomic mass is 16.5. The van der Waals surface area contributed by atoms with Crippen LogP contribution in [0.25, 0.3) is 0 Å². The van der Waals surface area contributed by atoms with Crippen LogP contribution in [0.5, 0.6) is 0 Å². The van der Waals surface area contributed by atoms with E-state index in [9.17, 15) is 14.4 Å². The minimum atomic E-state index is -0.483. The molecule has 0 spiro atoms. The number of anilines is 2. The van der Waals surface area contributed by atoms with Crippen LogP contribution < -0.4 is 10.2 Å². The van der Waals surface area contributed by atoms with Crippen LogP contribution in [0.3, 0.4) is 0 Å². The predicted molar refractivity (Wildman–Crippen MR) is 108 cm³/mol. The van der Waals surface area contributed by atoms with Crippen LogP contribution in [0, 0.1) is 0 Å². The fourth-order valence-electron chi connectivity index (χ4n) is 3.73. The van der Waals surface area contributed by atoms with Crippen molar-refractivity contribution in [2.45, 2.75) is 25.4 Å². The van der Waals surface area contributed by atoms with Crippen LogP contribution in [-0.2, 0) is 25.7 Å². The van der Waals surface area contributed by atoms with Crippen molar-refractivity contribution in [1.29, 1.82) is 0 Å². The van der Waals surface area contributed by atoms with Gasteiger partial charge in [-0.2, -0.15) is 0 Å². The third-order valence-corrected chi connectivity index (χ3v) is 5.26. The van der Waals surface area contributed by atoms with Gasteiger partial charge in [-0.15, -0.1) is 0 Å². The van der Waals surface area contributed by atoms with Gasteiger partial charge in [0.25, 0.3) is 5.91 Å². The summed E-state index contributed by atoms with van der Waals surface area (Å²) in [5.74, 6) is -0.272. The largest absolute Gasteiger partial charge is 0.370 e. The molecule has 2 aliphatic heterocycles. The summed E-state index contributed by atoms with van der Waals surface area (Å²) in [6.45, 7) is 1.54. The number of nitrogens with one attached hydrogen (secondary N) is 1. The molecule has 29 heavy (non-hydrogen) atoms. The van der Waals surface area contributed by atoms with E-state index in [0.717, 1.165) is 11.3 Å². The van der Waals surface area contributed by atoms with Crippen LogP contribution in [0.2, 0.25) is 0 Å². The number of hydrogen-bond donors (Lipinski definition) is 1. The van der Waals surface area contributed by atoms with Gasteiger partial charge >= 0.3 is 0 Å². The Hall–Kier alpha value is -3.19. The highest BCUT2D eigenvalue weighted by molar-refractivity contribution is 5.99. The normalized spacial score (nSPS) is 19.5. The van der Waals surface area contributed by atoms with E-state index in [0.29, 0.717) is 38.2 Å². The predicted octanol–water partition coefficient (Wildman–Crippen LogP) is 2.18. The van der Waals surface area contributed by atoms with E-state index in [1.807, 2.05) is 30.3 Å². The van der Waals surface area contributed by atoms with E-state index >= 15 is 0 Å². The summed E-state index contributed by atoms with van der Waals surface area (Å²) in [5.41, 5.74) is 2.41. The van der Waals surface area contributed by atoms with Crippen molar-refractivity contribution in [3.05, 3.63) is 60.2 Å². The van der Waals surface area contributed by atoms with Crippen LogP contribution in [0.4, 0.5) is 11.4 Å². The molecule has 0 aliphatic carbocycles. The van der Waals surface area contributed by atoms with Crippen LogP contribution in [0.1, 0.15) is 18.4 Å². The molecular formula is C22H23N3O4. The average Bonchev–Trinajstić information content (AvgIpc) is 3.10. The molecule has 4 rings (SSSR count). The van der Waals surface area contributed by atoms with Gasteiger partial charge in [-0.3, -0.25) is 14.4 Å². The molecule has 3 amide bonds. The topological polar surface area (TPSA) is 79.0 Å². The molecule has 1 N–H and O–H groups in total. The molecule has 2 aromatic rings. The van der Waals surface area contributed by atoms with Crippen molar-refractivity contribution >= 4 is 29.1 Å². The monoisotopic (exact) mass is 393 g/mol. The summed E-state index contributed by atoms with van der Waals surface area (Å²) in [5, 5.41) is 2.90. The number of nitrogens with zero attached hydrogens (tertiary/aromatic N) is 2. The summed E-state index contributed by atoms with van der Waals surface area (Å²) in [4.78, 5) is 40.4. The Morgan fingerprint density at radius 3 is 2.52 bits per heavy atom. The minimum absolute atomic E-state index is 0.00446. The highest BCUT2D eigenvalue weighted by Crippen LogP contribution is 2.24. The van der Waals surface area contributed by atoms with Crippen LogP contribution in [-0.4, -0.2) is 48.4 Å². The first-order valence-corrected chi connectivity index (χ1v) is 9.74. The van der Waals surface area contributed by atoms with Crippen molar-refractivity contribution < 1.29 is 19.1 Å². The van der Waals surface area contributed by atoms with E-state index in [4.69, 9.17) is 4.74 Å². The average molecular weight is 393 g/mol. The number of morpholine rings is 1. The maximum atomic E-state index is 12.8. The molecule has 2 fully saturated rings. The van der Waals surface area contributed by atoms with Gasteiger partial charge in [-0.05, 0) is 36.2 Å². The second kappa shape index (κ2) is 8.45. The Balaban J connectivity index is 1.41. The van der Waals surface area contributed by atoms with Gasteiger partial charge in [-0.1, -0.05) is 30.3 Å². The van der Waals surface area contributed by atoms with Gasteiger partial charge in [0.05, 0.1) is 6.61 Å². The SMILES string of the molecule is O=C(Nc1ccc(N2CCOCC2=O)cc1)C1CCC(=O)N1Cc1ccccc1. The smallest absolute Gasteiger partial charge is 0.253 e. The molecule has 0 saturated carbocycles. The third-order valence-electron chi connectivity index (χ3n) is 5.26. The molecule has 2 heterocycles. The number of ether oxygens (including phenoxy) is 1. The Kier molecular flexibility index (Phi) is 5.57. The maximum absolute atomic E-state index is 12.8. The second-order valence-electron chi connectivity index (χ2n) is 7.20. The Morgan fingerprint density at radius 1 is 1.03 bits per heavy atom. The lowest BCUT2D eigenvalue weighted by atomic mass is 10.1. The summed E-state index contributed by atoms with van der Waals surface area (Å²) in [7, 11) is 0. The maximum Gasteiger partial charge on any atom is 0.253 e. The third kappa shape index (κ3) is 4.30. The van der Waals surface area contributed by atoms with Gasteiger partial charge in [0.2, 0.25) is 11.8 Å². The molecule has 7 heteroatoms. The van der Waals surface area contributed by atoms with Crippen molar-refractivity contribution in [1.82, 2.24) is 4.90 Å². The first kappa shape index (κ1) is 19.1. The van der Waals surface area contributed by atoms with E-state index in [2.05, 4.69) is 5.32 Å². The Labute approximate surface area is 169 Å². The molecule has 0 bridgehead atoms. The quantitative estimate of drug-likeness (QED) is 0.845. The standard InChI is InChI=1S/C22H23N3O4/c26-20-11-10-19(25(20)14-16-4-2-1-3-5-16)22(28)23-17-6-8-18(9-7-17)24-12-13-29-15-21(24)27/h1-9,19H,10-15H2,(H,23,28). The number of amides is 3. The molecular weight excluding hydrogens is 370 g/mol. The zero-order chi connectivity index (χ0) is 20.2. The van der Waals surface area contributed by atoms with Crippen molar-refractivity contribution in [2.24, 2.45) is 0 Å². The lowest BCUT2D eigenvalue weighted by Crippen LogP contribution is -2.41. The van der Waals surface area contributed by atoms with E-state index in [-0.39, 0.29) is 24.3 Å². The number of carbonyl (C=O) groups excluding carboxylic acids is 3. The molecule has 1 atom stereocenters. The fourth-order valence-corrected chi connectivity index (χ4v) is 3.73. The van der Waals surface area contributed by atoms with Gasteiger partial charge in [0.15, 0.2) is 0 Å². The fraction of sp³-hybridized carbons (Fsp3) is 0.318. The van der Waals surface area contributed by atoms with Crippen LogP contribution in [0.15, 0.2) is 54.6 Å². The van der Waals surface area contributed by atoms with Crippen molar-refractivity contribution in [2.75, 3.05) is 30.0 Å². The highest BCUT2D eigenvalue weighted by Gasteiger charge is 2.36. The number of hydrogen-bond acceptors (Lipinski definition) is 4. The van der Waals surface area contributed by atoms with Crippen LogP contribution >= 0.6 is 0 Å². The van der Waals surface area contributed by atoms with E-state index in [1.165, 1.54) is 0 Å². The molecule has 1 unspecified atom stereocenters. The zero-order valence-corrected chi connectivity index (χ0v) is 16.0. The van der Waals surface area contributed by atoms with Gasteiger partial charge < -0.3 is 19.9 Å². The second-order valence-corrected chi connectivity index (χ2v) is 7.20. The summed E-state index contributed by atoms with van der Waals surface area (Å²) >= 11 is 0. The number of rotatable bonds is 5. The Bertz CT molecular complexity index is 898. The molecule has 150 valence electrons. The molecule has 2 saturated heterocycles. The summed E-state index contributed by atoms with van der Waals surface area (Å²) < 4.78 is 5.15. The lowest BCUT2D eigenvalue weighted by molar-refractivity contribution is -0.133. The number of likely N-dealkylation sites (tertiary alicyclic amines) is 1. The molecule has 2 aromatic carbocycles. The first-order chi connectivity index (χ1) is 14.1.